The molecule has 0 radical (unpaired) electrons. The van der Waals surface area contributed by atoms with Gasteiger partial charge in [0.1, 0.15) is 11.6 Å². The lowest BCUT2D eigenvalue weighted by Gasteiger charge is -2.17. The number of fused-ring (bicyclic) bond motifs is 3. The molecule has 11 rings (SSSR count). The summed E-state index contributed by atoms with van der Waals surface area (Å²) in [5, 5.41) is 2.02. The van der Waals surface area contributed by atoms with Gasteiger partial charge >= 0.3 is 0 Å². The quantitative estimate of drug-likeness (QED) is 0.152. The molecule has 63 heavy (non-hydrogen) atoms. The van der Waals surface area contributed by atoms with Gasteiger partial charge in [-0.3, -0.25) is 0 Å². The first-order valence-electron chi connectivity index (χ1n) is 20.4. The molecule has 0 unspecified atom stereocenters. The second-order valence-electron chi connectivity index (χ2n) is 15.0. The van der Waals surface area contributed by atoms with E-state index in [1.165, 1.54) is 12.1 Å². The van der Waals surface area contributed by atoms with Crippen LogP contribution in [0.1, 0.15) is 0 Å². The molecule has 0 bridgehead atoms. The van der Waals surface area contributed by atoms with Gasteiger partial charge in [0.15, 0.2) is 34.9 Å². The first-order chi connectivity index (χ1) is 31.0. The predicted octanol–water partition coefficient (Wildman–Crippen LogP) is 13.1. The van der Waals surface area contributed by atoms with Gasteiger partial charge in [-0.25, -0.2) is 38.7 Å². The summed E-state index contributed by atoms with van der Waals surface area (Å²) in [6, 6.07) is 63.0. The Morgan fingerprint density at radius 3 is 1.27 bits per heavy atom. The smallest absolute Gasteiger partial charge is 0.166 e. The Morgan fingerprint density at radius 2 is 0.746 bits per heavy atom. The van der Waals surface area contributed by atoms with E-state index in [2.05, 4.69) is 28.8 Å². The maximum atomic E-state index is 15.6. The molecule has 0 N–H and O–H groups in total. The van der Waals surface area contributed by atoms with Crippen molar-refractivity contribution < 1.29 is 8.78 Å². The molecule has 0 aliphatic heterocycles. The third-order valence-electron chi connectivity index (χ3n) is 11.1. The van der Waals surface area contributed by atoms with Crippen LogP contribution in [0.25, 0.3) is 107 Å². The average Bonchev–Trinajstić information content (AvgIpc) is 3.68. The van der Waals surface area contributed by atoms with Crippen molar-refractivity contribution in [3.05, 3.63) is 212 Å². The van der Waals surface area contributed by atoms with Gasteiger partial charge in [-0.15, -0.1) is 0 Å². The van der Waals surface area contributed by atoms with Gasteiger partial charge < -0.3 is 4.57 Å². The van der Waals surface area contributed by atoms with Crippen LogP contribution in [0.15, 0.2) is 200 Å². The van der Waals surface area contributed by atoms with Crippen molar-refractivity contribution in [1.29, 1.82) is 0 Å². The maximum absolute atomic E-state index is 15.6. The van der Waals surface area contributed by atoms with E-state index < -0.39 is 11.6 Å². The molecule has 8 aromatic carbocycles. The molecule has 298 valence electrons. The summed E-state index contributed by atoms with van der Waals surface area (Å²) in [5.74, 6) is 1.63. The fourth-order valence-electron chi connectivity index (χ4n) is 8.04. The van der Waals surface area contributed by atoms with E-state index in [9.17, 15) is 4.39 Å². The summed E-state index contributed by atoms with van der Waals surface area (Å²) in [6.07, 6.45) is 0. The van der Waals surface area contributed by atoms with E-state index in [4.69, 9.17) is 29.9 Å². The maximum Gasteiger partial charge on any atom is 0.166 e. The Labute approximate surface area is 360 Å². The van der Waals surface area contributed by atoms with Gasteiger partial charge in [0, 0.05) is 55.8 Å². The molecule has 0 saturated carbocycles. The van der Waals surface area contributed by atoms with Gasteiger partial charge in [0.2, 0.25) is 0 Å². The van der Waals surface area contributed by atoms with Crippen molar-refractivity contribution in [2.24, 2.45) is 0 Å². The molecule has 11 aromatic rings. The molecule has 3 heterocycles. The number of rotatable bonds is 8. The molecule has 0 amide bonds. The van der Waals surface area contributed by atoms with Gasteiger partial charge in [0.05, 0.1) is 16.7 Å². The van der Waals surface area contributed by atoms with Crippen molar-refractivity contribution >= 4 is 21.8 Å². The van der Waals surface area contributed by atoms with E-state index in [0.717, 1.165) is 61.4 Å². The van der Waals surface area contributed by atoms with Crippen LogP contribution in [-0.2, 0) is 0 Å². The minimum atomic E-state index is -0.678. The minimum absolute atomic E-state index is 0.243. The monoisotopic (exact) mass is 817 g/mol. The number of nitrogens with zero attached hydrogens (tertiary/aromatic N) is 7. The SMILES string of the molecule is Fc1ccc(-c2ccc(-n3c4ccccc4c4ccc(-c5nc(-c6ccccc6)nc(-c6ccccc6)n5)cc43)c(-c3nc(-c4ccccc4)nc(-c4ccccc4)n3)c2)c(F)c1. The Bertz CT molecular complexity index is 3350. The number of halogens is 2. The lowest BCUT2D eigenvalue weighted by molar-refractivity contribution is 0.585. The molecule has 0 aliphatic rings. The fraction of sp³-hybridized carbons (Fsp3) is 0. The van der Waals surface area contributed by atoms with Crippen LogP contribution < -0.4 is 0 Å². The molecule has 0 fully saturated rings. The van der Waals surface area contributed by atoms with Crippen LogP contribution in [-0.4, -0.2) is 34.5 Å². The third kappa shape index (κ3) is 7.07. The second-order valence-corrected chi connectivity index (χ2v) is 15.0. The van der Waals surface area contributed by atoms with E-state index in [-0.39, 0.29) is 5.56 Å². The van der Waals surface area contributed by atoms with E-state index >= 15 is 4.39 Å². The number of benzene rings is 8. The lowest BCUT2D eigenvalue weighted by atomic mass is 10.00. The topological polar surface area (TPSA) is 82.3 Å². The molecule has 0 saturated heterocycles. The van der Waals surface area contributed by atoms with E-state index in [0.29, 0.717) is 46.1 Å². The molecule has 0 aliphatic carbocycles. The Morgan fingerprint density at radius 1 is 0.302 bits per heavy atom. The minimum Gasteiger partial charge on any atom is -0.308 e. The van der Waals surface area contributed by atoms with Crippen LogP contribution >= 0.6 is 0 Å². The highest BCUT2D eigenvalue weighted by Gasteiger charge is 2.22. The first-order valence-corrected chi connectivity index (χ1v) is 20.4. The zero-order valence-corrected chi connectivity index (χ0v) is 33.4. The largest absolute Gasteiger partial charge is 0.308 e. The third-order valence-corrected chi connectivity index (χ3v) is 11.1. The zero-order valence-electron chi connectivity index (χ0n) is 33.4. The van der Waals surface area contributed by atoms with Crippen molar-refractivity contribution in [1.82, 2.24) is 34.5 Å². The van der Waals surface area contributed by atoms with Crippen LogP contribution in [0.3, 0.4) is 0 Å². The fourth-order valence-corrected chi connectivity index (χ4v) is 8.04. The Kier molecular flexibility index (Phi) is 9.39. The number of hydrogen-bond donors (Lipinski definition) is 0. The second kappa shape index (κ2) is 15.8. The van der Waals surface area contributed by atoms with Crippen molar-refractivity contribution in [3.63, 3.8) is 0 Å². The zero-order chi connectivity index (χ0) is 42.3. The van der Waals surface area contributed by atoms with Crippen LogP contribution in [0.4, 0.5) is 8.78 Å². The van der Waals surface area contributed by atoms with Crippen molar-refractivity contribution in [2.75, 3.05) is 0 Å². The standard InChI is InChI=1S/C54H33F2N7/c55-40-27-29-41(45(56)33-40)38-26-30-47(44(31-38)54-61-51(36-19-9-3-10-20-36)58-52(62-54)37-21-11-4-12-22-37)63-46-24-14-13-23-42(46)43-28-25-39(32-48(43)63)53-59-49(34-15-5-1-6-16-34)57-50(60-53)35-17-7-2-8-18-35/h1-33H. The normalized spacial score (nSPS) is 11.3. The van der Waals surface area contributed by atoms with Crippen LogP contribution in [0.5, 0.6) is 0 Å². The Balaban J connectivity index is 1.18. The summed E-state index contributed by atoms with van der Waals surface area (Å²) in [6.45, 7) is 0. The summed E-state index contributed by atoms with van der Waals surface area (Å²) < 4.78 is 32.0. The molecule has 9 heteroatoms. The predicted molar refractivity (Wildman–Crippen MR) is 246 cm³/mol. The summed E-state index contributed by atoms with van der Waals surface area (Å²) >= 11 is 0. The molecule has 0 atom stereocenters. The lowest BCUT2D eigenvalue weighted by Crippen LogP contribution is -2.04. The molecule has 3 aromatic heterocycles. The van der Waals surface area contributed by atoms with Crippen molar-refractivity contribution in [3.8, 4) is 85.1 Å². The Hall–Kier alpha value is -8.56. The first kappa shape index (κ1) is 37.4. The summed E-state index contributed by atoms with van der Waals surface area (Å²) in [5.41, 5.74) is 8.07. The highest BCUT2D eigenvalue weighted by atomic mass is 19.1. The van der Waals surface area contributed by atoms with E-state index in [1.807, 2.05) is 158 Å². The van der Waals surface area contributed by atoms with Crippen molar-refractivity contribution in [2.45, 2.75) is 0 Å². The molecule has 0 spiro atoms. The number of para-hydroxylation sites is 1. The average molecular weight is 818 g/mol. The highest BCUT2D eigenvalue weighted by molar-refractivity contribution is 6.10. The van der Waals surface area contributed by atoms with E-state index in [1.54, 1.807) is 0 Å². The van der Waals surface area contributed by atoms with Crippen LogP contribution in [0.2, 0.25) is 0 Å². The number of aromatic nitrogens is 7. The highest BCUT2D eigenvalue weighted by Crippen LogP contribution is 2.40. The van der Waals surface area contributed by atoms with Gasteiger partial charge in [-0.1, -0.05) is 158 Å². The molecular formula is C54H33F2N7. The molecule has 7 nitrogen and oxygen atoms in total. The van der Waals surface area contributed by atoms with Gasteiger partial charge in [-0.2, -0.15) is 0 Å². The summed E-state index contributed by atoms with van der Waals surface area (Å²) in [4.78, 5) is 30.2. The van der Waals surface area contributed by atoms with Gasteiger partial charge in [-0.05, 0) is 42.0 Å². The summed E-state index contributed by atoms with van der Waals surface area (Å²) in [7, 11) is 0. The number of hydrogen-bond acceptors (Lipinski definition) is 6. The van der Waals surface area contributed by atoms with Crippen LogP contribution in [0, 0.1) is 11.6 Å². The molecular weight excluding hydrogens is 785 g/mol. The van der Waals surface area contributed by atoms with Gasteiger partial charge in [0.25, 0.3) is 0 Å².